The third kappa shape index (κ3) is 2.52. The van der Waals surface area contributed by atoms with Crippen molar-refractivity contribution in [3.05, 3.63) is 69.1 Å². The first-order valence-corrected chi connectivity index (χ1v) is 9.36. The highest BCUT2D eigenvalue weighted by molar-refractivity contribution is 7.12. The fourth-order valence-electron chi connectivity index (χ4n) is 3.76. The smallest absolute Gasteiger partial charge is 0.161 e. The number of pyridine rings is 1. The number of aromatic nitrogens is 1. The van der Waals surface area contributed by atoms with Crippen molar-refractivity contribution in [2.75, 3.05) is 4.90 Å². The Morgan fingerprint density at radius 1 is 1.35 bits per heavy atom. The second kappa shape index (κ2) is 6.43. The van der Waals surface area contributed by atoms with Crippen LogP contribution in [0.25, 0.3) is 0 Å². The average molecular weight is 362 g/mol. The second-order valence-corrected chi connectivity index (χ2v) is 7.80. The molecule has 4 rings (SSSR count). The largest absolute Gasteiger partial charge is 0.384 e. The molecule has 0 fully saturated rings. The van der Waals surface area contributed by atoms with E-state index >= 15 is 0 Å². The van der Waals surface area contributed by atoms with Crippen LogP contribution in [0, 0.1) is 18.3 Å². The minimum atomic E-state index is -0.366. The van der Waals surface area contributed by atoms with Gasteiger partial charge in [0.25, 0.3) is 0 Å². The SMILES string of the molecule is Cc1ccc([C@H]2C(C#N)=C(N)N(c3cccnc3)C3=C2C(=O)CCC3)s1. The molecule has 0 bridgehead atoms. The van der Waals surface area contributed by atoms with Crippen LogP contribution in [0.15, 0.2) is 59.3 Å². The van der Waals surface area contributed by atoms with Crippen LogP contribution in [-0.4, -0.2) is 10.8 Å². The Morgan fingerprint density at radius 2 is 2.19 bits per heavy atom. The molecule has 3 heterocycles. The molecule has 0 unspecified atom stereocenters. The molecule has 26 heavy (non-hydrogen) atoms. The number of hydrogen-bond donors (Lipinski definition) is 1. The minimum absolute atomic E-state index is 0.108. The molecule has 0 aromatic carbocycles. The van der Waals surface area contributed by atoms with Crippen LogP contribution < -0.4 is 10.6 Å². The molecule has 2 aliphatic rings. The van der Waals surface area contributed by atoms with E-state index in [-0.39, 0.29) is 11.7 Å². The number of aryl methyl sites for hydroxylation is 1. The Labute approximate surface area is 156 Å². The fourth-order valence-corrected chi connectivity index (χ4v) is 4.76. The van der Waals surface area contributed by atoms with Gasteiger partial charge in [-0.15, -0.1) is 11.3 Å². The van der Waals surface area contributed by atoms with Crippen molar-refractivity contribution >= 4 is 22.8 Å². The van der Waals surface area contributed by atoms with E-state index in [0.29, 0.717) is 23.4 Å². The normalized spacial score (nSPS) is 20.2. The van der Waals surface area contributed by atoms with E-state index in [1.807, 2.05) is 36.1 Å². The van der Waals surface area contributed by atoms with Crippen molar-refractivity contribution < 1.29 is 4.79 Å². The zero-order valence-corrected chi connectivity index (χ0v) is 15.2. The van der Waals surface area contributed by atoms with E-state index < -0.39 is 0 Å². The minimum Gasteiger partial charge on any atom is -0.384 e. The number of nitrogens with two attached hydrogens (primary N) is 1. The van der Waals surface area contributed by atoms with Crippen molar-refractivity contribution in [3.63, 3.8) is 0 Å². The third-order valence-electron chi connectivity index (χ3n) is 4.86. The molecule has 1 aliphatic carbocycles. The first-order chi connectivity index (χ1) is 12.6. The predicted molar refractivity (Wildman–Crippen MR) is 101 cm³/mol. The Balaban J connectivity index is 1.97. The molecule has 0 spiro atoms. The van der Waals surface area contributed by atoms with E-state index in [1.165, 1.54) is 0 Å². The molecule has 0 saturated carbocycles. The lowest BCUT2D eigenvalue weighted by molar-refractivity contribution is -0.116. The van der Waals surface area contributed by atoms with Gasteiger partial charge in [-0.05, 0) is 44.0 Å². The summed E-state index contributed by atoms with van der Waals surface area (Å²) in [6.45, 7) is 2.02. The van der Waals surface area contributed by atoms with Gasteiger partial charge in [-0.2, -0.15) is 5.26 Å². The highest BCUT2D eigenvalue weighted by Crippen LogP contribution is 2.47. The number of thiophene rings is 1. The van der Waals surface area contributed by atoms with Crippen LogP contribution >= 0.6 is 11.3 Å². The zero-order chi connectivity index (χ0) is 18.3. The van der Waals surface area contributed by atoms with E-state index in [0.717, 1.165) is 34.0 Å². The molecule has 0 saturated heterocycles. The van der Waals surface area contributed by atoms with Gasteiger partial charge in [0.1, 0.15) is 5.82 Å². The summed E-state index contributed by atoms with van der Waals surface area (Å²) in [5, 5.41) is 9.88. The van der Waals surface area contributed by atoms with Crippen LogP contribution in [0.1, 0.15) is 34.9 Å². The number of carbonyl (C=O) groups is 1. The summed E-state index contributed by atoms with van der Waals surface area (Å²) < 4.78 is 0. The summed E-state index contributed by atoms with van der Waals surface area (Å²) >= 11 is 1.61. The van der Waals surface area contributed by atoms with Gasteiger partial charge in [-0.1, -0.05) is 0 Å². The first-order valence-electron chi connectivity index (χ1n) is 8.54. The van der Waals surface area contributed by atoms with Gasteiger partial charge in [-0.3, -0.25) is 14.7 Å². The van der Waals surface area contributed by atoms with E-state index in [9.17, 15) is 10.1 Å². The summed E-state index contributed by atoms with van der Waals surface area (Å²) in [4.78, 5) is 21.1. The molecule has 5 nitrogen and oxygen atoms in total. The Morgan fingerprint density at radius 3 is 2.85 bits per heavy atom. The standard InChI is InChI=1S/C20H18N4OS/c1-12-7-8-17(26-12)18-14(10-21)20(22)24(13-4-3-9-23-11-13)15-5-2-6-16(25)19(15)18/h3-4,7-9,11,18H,2,5-6,22H2,1H3/t18-/m1/s1. The maximum absolute atomic E-state index is 12.9. The van der Waals surface area contributed by atoms with Crippen molar-refractivity contribution in [2.24, 2.45) is 5.73 Å². The van der Waals surface area contributed by atoms with Crippen molar-refractivity contribution in [1.82, 2.24) is 4.98 Å². The van der Waals surface area contributed by atoms with Crippen LogP contribution in [0.4, 0.5) is 5.69 Å². The number of nitriles is 1. The van der Waals surface area contributed by atoms with E-state index in [2.05, 4.69) is 11.1 Å². The first kappa shape index (κ1) is 16.6. The topological polar surface area (TPSA) is 83.0 Å². The number of anilines is 1. The summed E-state index contributed by atoms with van der Waals surface area (Å²) in [5.74, 6) is 0.135. The van der Waals surface area contributed by atoms with Crippen LogP contribution in [0.3, 0.4) is 0 Å². The quantitative estimate of drug-likeness (QED) is 0.879. The highest BCUT2D eigenvalue weighted by atomic mass is 32.1. The number of carbonyl (C=O) groups excluding carboxylic acids is 1. The summed E-state index contributed by atoms with van der Waals surface area (Å²) in [6.07, 6.45) is 5.47. The van der Waals surface area contributed by atoms with E-state index in [1.54, 1.807) is 23.7 Å². The maximum atomic E-state index is 12.9. The van der Waals surface area contributed by atoms with Crippen LogP contribution in [0.5, 0.6) is 0 Å². The lowest BCUT2D eigenvalue weighted by Crippen LogP contribution is -2.38. The van der Waals surface area contributed by atoms with Crippen molar-refractivity contribution in [1.29, 1.82) is 5.26 Å². The molecule has 6 heteroatoms. The lowest BCUT2D eigenvalue weighted by atomic mass is 9.78. The Hall–Kier alpha value is -2.91. The van der Waals surface area contributed by atoms with Gasteiger partial charge >= 0.3 is 0 Å². The maximum Gasteiger partial charge on any atom is 0.161 e. The number of rotatable bonds is 2. The number of ketones is 1. The molecular formula is C20H18N4OS. The van der Waals surface area contributed by atoms with Crippen LogP contribution in [-0.2, 0) is 4.79 Å². The van der Waals surface area contributed by atoms with Gasteiger partial charge in [0.05, 0.1) is 29.4 Å². The molecule has 2 aromatic heterocycles. The number of Topliss-reactive ketones (excluding diaryl/α,β-unsaturated/α-hetero) is 1. The van der Waals surface area contributed by atoms with Crippen molar-refractivity contribution in [2.45, 2.75) is 32.1 Å². The molecule has 1 atom stereocenters. The number of hydrogen-bond acceptors (Lipinski definition) is 6. The van der Waals surface area contributed by atoms with E-state index in [4.69, 9.17) is 5.73 Å². The van der Waals surface area contributed by atoms with Gasteiger partial charge < -0.3 is 5.73 Å². The second-order valence-electron chi connectivity index (χ2n) is 6.48. The Bertz CT molecular complexity index is 981. The molecule has 0 amide bonds. The molecule has 130 valence electrons. The highest BCUT2D eigenvalue weighted by Gasteiger charge is 2.40. The lowest BCUT2D eigenvalue weighted by Gasteiger charge is -2.39. The molecule has 2 N–H and O–H groups in total. The fraction of sp³-hybridized carbons (Fsp3) is 0.250. The van der Waals surface area contributed by atoms with Gasteiger partial charge in [-0.25, -0.2) is 0 Å². The van der Waals surface area contributed by atoms with Gasteiger partial charge in [0.2, 0.25) is 0 Å². The van der Waals surface area contributed by atoms with Crippen molar-refractivity contribution in [3.8, 4) is 6.07 Å². The molecule has 0 radical (unpaired) electrons. The number of nitrogens with zero attached hydrogens (tertiary/aromatic N) is 3. The summed E-state index contributed by atoms with van der Waals surface area (Å²) in [7, 11) is 0. The predicted octanol–water partition coefficient (Wildman–Crippen LogP) is 3.76. The summed E-state index contributed by atoms with van der Waals surface area (Å²) in [5.41, 5.74) is 9.30. The third-order valence-corrected chi connectivity index (χ3v) is 5.93. The zero-order valence-electron chi connectivity index (χ0n) is 14.4. The Kier molecular flexibility index (Phi) is 4.09. The monoisotopic (exact) mass is 362 g/mol. The molecule has 2 aromatic rings. The summed E-state index contributed by atoms with van der Waals surface area (Å²) in [6, 6.07) is 10.0. The van der Waals surface area contributed by atoms with Gasteiger partial charge in [0.15, 0.2) is 5.78 Å². The van der Waals surface area contributed by atoms with Gasteiger partial charge in [0, 0.05) is 33.6 Å². The molecule has 1 aliphatic heterocycles. The average Bonchev–Trinajstić information content (AvgIpc) is 3.07. The number of allylic oxidation sites excluding steroid dienone is 3. The molecular weight excluding hydrogens is 344 g/mol. The van der Waals surface area contributed by atoms with Crippen LogP contribution in [0.2, 0.25) is 0 Å².